The quantitative estimate of drug-likeness (QED) is 0.139. The smallest absolute Gasteiger partial charge is 0.387 e. The van der Waals surface area contributed by atoms with Gasteiger partial charge in [0.05, 0.1) is 25.4 Å². The molecule has 0 amide bonds. The zero-order chi connectivity index (χ0) is 41.7. The number of amidine groups is 2. The van der Waals surface area contributed by atoms with Crippen LogP contribution in [0.5, 0.6) is 17.2 Å². The van der Waals surface area contributed by atoms with Gasteiger partial charge in [0.2, 0.25) is 0 Å². The lowest BCUT2D eigenvalue weighted by molar-refractivity contribution is -0.0503. The average molecular weight is 823 g/mol. The number of aliphatic imine (C=N–C) groups is 2. The first-order chi connectivity index (χ1) is 28.4. The molecule has 0 aliphatic carbocycles. The number of nitrogens with zero attached hydrogens (tertiary/aromatic N) is 4. The lowest BCUT2D eigenvalue weighted by Gasteiger charge is -2.26. The van der Waals surface area contributed by atoms with Gasteiger partial charge < -0.3 is 35.2 Å². The van der Waals surface area contributed by atoms with Gasteiger partial charge in [0.1, 0.15) is 24.7 Å². The molecule has 4 N–H and O–H groups in total. The summed E-state index contributed by atoms with van der Waals surface area (Å²) < 4.78 is 65.6. The number of nitrogens with two attached hydrogens (primary N) is 2. The normalized spacial score (nSPS) is 18.2. The fourth-order valence-corrected chi connectivity index (χ4v) is 7.19. The number of benzene rings is 4. The van der Waals surface area contributed by atoms with E-state index in [0.717, 1.165) is 38.9 Å². The zero-order valence-electron chi connectivity index (χ0n) is 32.0. The standard InChI is InChI=1S/C22H18ClF2N3O2.C22H20FN3O3/c1-13-7-17(5-6-19(13)30-20(24)25)22(12-29-21(26)28-22)16-4-2-3-14(8-16)15-9-18(23)11-27-10-15;1-27-18-9-15(11-25-12-18)14-4-3-5-16(8-14)22(13-29-21(24)26-22)17-6-7-20(28-2)19(23)10-17/h2-11,20H,12H2,1H3,(H2,26,28);3-12H,13H2,1-2H3,(H2,24,26). The minimum Gasteiger partial charge on any atom is -0.495 e. The van der Waals surface area contributed by atoms with E-state index in [1.807, 2.05) is 60.7 Å². The highest BCUT2D eigenvalue weighted by atomic mass is 35.5. The Morgan fingerprint density at radius 3 is 1.68 bits per heavy atom. The van der Waals surface area contributed by atoms with E-state index < -0.39 is 23.5 Å². The van der Waals surface area contributed by atoms with Gasteiger partial charge in [-0.1, -0.05) is 60.1 Å². The van der Waals surface area contributed by atoms with Gasteiger partial charge in [0.15, 0.2) is 22.6 Å². The number of pyridine rings is 2. The highest BCUT2D eigenvalue weighted by Crippen LogP contribution is 2.42. The molecule has 2 unspecified atom stereocenters. The summed E-state index contributed by atoms with van der Waals surface area (Å²) in [6, 6.07) is 29.1. The first kappa shape index (κ1) is 40.4. The summed E-state index contributed by atoms with van der Waals surface area (Å²) in [5, 5.41) is 0.532. The molecule has 0 fully saturated rings. The molecule has 2 aliphatic rings. The second-order valence-electron chi connectivity index (χ2n) is 13.6. The number of halogens is 4. The number of alkyl halides is 2. The summed E-state index contributed by atoms with van der Waals surface area (Å²) in [5.41, 5.74) is 17.0. The van der Waals surface area contributed by atoms with Crippen LogP contribution in [-0.4, -0.2) is 56.1 Å². The molecule has 2 atom stereocenters. The van der Waals surface area contributed by atoms with Crippen molar-refractivity contribution in [2.45, 2.75) is 24.6 Å². The van der Waals surface area contributed by atoms with Gasteiger partial charge in [0.25, 0.3) is 12.0 Å². The molecule has 0 spiro atoms. The highest BCUT2D eigenvalue weighted by Gasteiger charge is 2.42. The number of aryl methyl sites for hydroxylation is 1. The molecule has 8 rings (SSSR count). The minimum atomic E-state index is -2.89. The van der Waals surface area contributed by atoms with E-state index in [0.29, 0.717) is 21.9 Å². The van der Waals surface area contributed by atoms with Crippen molar-refractivity contribution < 1.29 is 36.9 Å². The average Bonchev–Trinajstić information content (AvgIpc) is 3.85. The maximum absolute atomic E-state index is 14.4. The van der Waals surface area contributed by atoms with Crippen LogP contribution in [0.15, 0.2) is 132 Å². The van der Waals surface area contributed by atoms with Crippen molar-refractivity contribution >= 4 is 23.6 Å². The Hall–Kier alpha value is -6.80. The first-order valence-corrected chi connectivity index (χ1v) is 18.5. The van der Waals surface area contributed by atoms with Crippen molar-refractivity contribution in [2.75, 3.05) is 27.4 Å². The molecule has 4 aromatic carbocycles. The lowest BCUT2D eigenvalue weighted by atomic mass is 9.82. The Morgan fingerprint density at radius 2 is 1.19 bits per heavy atom. The van der Waals surface area contributed by atoms with Crippen molar-refractivity contribution in [2.24, 2.45) is 21.5 Å². The molecule has 11 nitrogen and oxygen atoms in total. The van der Waals surface area contributed by atoms with E-state index in [1.54, 1.807) is 63.1 Å². The predicted molar refractivity (Wildman–Crippen MR) is 218 cm³/mol. The molecule has 0 bridgehead atoms. The minimum absolute atomic E-state index is 0.0645. The molecule has 6 aromatic rings. The number of aromatic nitrogens is 2. The highest BCUT2D eigenvalue weighted by molar-refractivity contribution is 6.30. The molecule has 15 heteroatoms. The van der Waals surface area contributed by atoms with Gasteiger partial charge in [-0.2, -0.15) is 8.78 Å². The number of methoxy groups -OCH3 is 2. The summed E-state index contributed by atoms with van der Waals surface area (Å²) in [5.74, 6) is 0.457. The number of ether oxygens (including phenoxy) is 5. The number of hydrogen-bond acceptors (Lipinski definition) is 11. The maximum Gasteiger partial charge on any atom is 0.387 e. The Balaban J connectivity index is 0.000000179. The van der Waals surface area contributed by atoms with Crippen LogP contribution in [0.3, 0.4) is 0 Å². The molecule has 0 saturated heterocycles. The van der Waals surface area contributed by atoms with E-state index in [2.05, 4.69) is 24.7 Å². The fourth-order valence-electron chi connectivity index (χ4n) is 7.02. The van der Waals surface area contributed by atoms with Crippen LogP contribution >= 0.6 is 11.6 Å². The van der Waals surface area contributed by atoms with Crippen LogP contribution in [0.25, 0.3) is 22.3 Å². The van der Waals surface area contributed by atoms with Gasteiger partial charge in [-0.3, -0.25) is 9.97 Å². The topological polar surface area (TPSA) is 149 Å². The Kier molecular flexibility index (Phi) is 11.6. The van der Waals surface area contributed by atoms with Crippen molar-refractivity contribution in [1.29, 1.82) is 0 Å². The van der Waals surface area contributed by atoms with E-state index >= 15 is 0 Å². The Morgan fingerprint density at radius 1 is 0.644 bits per heavy atom. The second-order valence-corrected chi connectivity index (χ2v) is 14.0. The van der Waals surface area contributed by atoms with Crippen LogP contribution in [0, 0.1) is 12.7 Å². The SMILES string of the molecule is COc1cncc(-c2cccc(C3(c4ccc(OC)c(F)c4)COC(N)=N3)c2)c1.Cc1cc(C2(c3cccc(-c4cncc(Cl)c4)c3)COC(N)=N2)ccc1OC(F)F. The van der Waals surface area contributed by atoms with Gasteiger partial charge >= 0.3 is 6.61 Å². The third-order valence-electron chi connectivity index (χ3n) is 9.96. The van der Waals surface area contributed by atoms with Crippen molar-refractivity contribution in [3.63, 3.8) is 0 Å². The second kappa shape index (κ2) is 17.0. The summed E-state index contributed by atoms with van der Waals surface area (Å²) >= 11 is 6.09. The third kappa shape index (κ3) is 8.44. The summed E-state index contributed by atoms with van der Waals surface area (Å²) in [7, 11) is 3.02. The van der Waals surface area contributed by atoms with Crippen LogP contribution < -0.4 is 25.7 Å². The van der Waals surface area contributed by atoms with Crippen molar-refractivity contribution in [3.8, 4) is 39.5 Å². The molecule has 59 heavy (non-hydrogen) atoms. The van der Waals surface area contributed by atoms with Gasteiger partial charge in [-0.05, 0) is 94.4 Å². The van der Waals surface area contributed by atoms with Gasteiger partial charge in [-0.15, -0.1) is 0 Å². The predicted octanol–water partition coefficient (Wildman–Crippen LogP) is 8.39. The lowest BCUT2D eigenvalue weighted by Crippen LogP contribution is -2.27. The van der Waals surface area contributed by atoms with Gasteiger partial charge in [0, 0.05) is 29.7 Å². The molecular formula is C44H38ClF3N6O5. The van der Waals surface area contributed by atoms with Crippen molar-refractivity contribution in [3.05, 3.63) is 161 Å². The largest absolute Gasteiger partial charge is 0.495 e. The molecule has 0 saturated carbocycles. The molecule has 302 valence electrons. The maximum atomic E-state index is 14.4. The Labute approximate surface area is 343 Å². The molecule has 4 heterocycles. The van der Waals surface area contributed by atoms with E-state index in [4.69, 9.17) is 42.0 Å². The monoisotopic (exact) mass is 822 g/mol. The number of rotatable bonds is 10. The van der Waals surface area contributed by atoms with Crippen LogP contribution in [0.4, 0.5) is 13.2 Å². The van der Waals surface area contributed by atoms with E-state index in [1.165, 1.54) is 19.2 Å². The van der Waals surface area contributed by atoms with E-state index in [9.17, 15) is 13.2 Å². The molecule has 2 aliphatic heterocycles. The molecular weight excluding hydrogens is 785 g/mol. The van der Waals surface area contributed by atoms with E-state index in [-0.39, 0.29) is 36.8 Å². The summed E-state index contributed by atoms with van der Waals surface area (Å²) in [4.78, 5) is 17.5. The summed E-state index contributed by atoms with van der Waals surface area (Å²) in [6.45, 7) is -0.837. The summed E-state index contributed by atoms with van der Waals surface area (Å²) in [6.07, 6.45) is 6.69. The number of hydrogen-bond donors (Lipinski definition) is 2. The first-order valence-electron chi connectivity index (χ1n) is 18.1. The van der Waals surface area contributed by atoms with Crippen LogP contribution in [0.2, 0.25) is 5.02 Å². The molecule has 2 aromatic heterocycles. The van der Waals surface area contributed by atoms with Gasteiger partial charge in [-0.25, -0.2) is 14.4 Å². The molecule has 0 radical (unpaired) electrons. The fraction of sp³-hybridized carbons (Fsp3) is 0.182. The Bertz CT molecular complexity index is 2560. The van der Waals surface area contributed by atoms with Crippen LogP contribution in [-0.2, 0) is 20.6 Å². The third-order valence-corrected chi connectivity index (χ3v) is 10.2. The zero-order valence-corrected chi connectivity index (χ0v) is 32.8. The van der Waals surface area contributed by atoms with Crippen molar-refractivity contribution in [1.82, 2.24) is 9.97 Å². The van der Waals surface area contributed by atoms with Crippen LogP contribution in [0.1, 0.15) is 27.8 Å².